The Morgan fingerprint density at radius 2 is 2.05 bits per heavy atom. The number of H-pyrrole nitrogens is 1. The molecule has 0 bridgehead atoms. The van der Waals surface area contributed by atoms with Crippen LogP contribution in [0.25, 0.3) is 10.9 Å². The minimum atomic E-state index is -0.369. The van der Waals surface area contributed by atoms with Crippen molar-refractivity contribution in [3.05, 3.63) is 67.0 Å². The molecule has 4 nitrogen and oxygen atoms in total. The zero-order valence-corrected chi connectivity index (χ0v) is 13.3. The van der Waals surface area contributed by atoms with E-state index in [1.54, 1.807) is 23.5 Å². The quantitative estimate of drug-likeness (QED) is 0.750. The molecule has 0 radical (unpaired) electrons. The van der Waals surface area contributed by atoms with E-state index in [9.17, 15) is 9.59 Å². The summed E-state index contributed by atoms with van der Waals surface area (Å²) in [6.07, 6.45) is 1.46. The molecule has 0 saturated carbocycles. The molecule has 0 atom stereocenters. The smallest absolute Gasteiger partial charge is 0.257 e. The van der Waals surface area contributed by atoms with Crippen molar-refractivity contribution in [2.24, 2.45) is 0 Å². The SMILES string of the molecule is O=C(NCc1ccc(Br)s1)c1c[nH]c2ccccc2c1=O. The molecule has 106 valence electrons. The van der Waals surface area contributed by atoms with Crippen LogP contribution >= 0.6 is 27.3 Å². The summed E-state index contributed by atoms with van der Waals surface area (Å²) in [5, 5.41) is 3.28. The fourth-order valence-corrected chi connectivity index (χ4v) is 3.47. The van der Waals surface area contributed by atoms with Crippen LogP contribution in [0.3, 0.4) is 0 Å². The second-order valence-electron chi connectivity index (χ2n) is 4.47. The van der Waals surface area contributed by atoms with E-state index in [2.05, 4.69) is 26.2 Å². The number of benzene rings is 1. The van der Waals surface area contributed by atoms with Crippen LogP contribution in [0.5, 0.6) is 0 Å². The molecule has 1 aromatic carbocycles. The summed E-state index contributed by atoms with van der Waals surface area (Å²) in [6, 6.07) is 11.0. The number of fused-ring (bicyclic) bond motifs is 1. The average Bonchev–Trinajstić information content (AvgIpc) is 2.91. The number of aromatic amines is 1. The monoisotopic (exact) mass is 362 g/mol. The number of carbonyl (C=O) groups is 1. The molecule has 0 saturated heterocycles. The standard InChI is InChI=1S/C15H11BrN2O2S/c16-13-6-5-9(21-13)7-18-15(20)11-8-17-12-4-2-1-3-10(12)14(11)19/h1-6,8H,7H2,(H,17,19)(H,18,20). The normalized spacial score (nSPS) is 10.7. The first-order valence-electron chi connectivity index (χ1n) is 6.28. The van der Waals surface area contributed by atoms with Gasteiger partial charge < -0.3 is 10.3 Å². The Morgan fingerprint density at radius 1 is 1.24 bits per heavy atom. The van der Waals surface area contributed by atoms with Gasteiger partial charge in [-0.05, 0) is 40.2 Å². The minimum Gasteiger partial charge on any atom is -0.360 e. The topological polar surface area (TPSA) is 62.0 Å². The third-order valence-electron chi connectivity index (χ3n) is 3.08. The number of amides is 1. The van der Waals surface area contributed by atoms with Gasteiger partial charge >= 0.3 is 0 Å². The van der Waals surface area contributed by atoms with Crippen molar-refractivity contribution in [1.82, 2.24) is 10.3 Å². The van der Waals surface area contributed by atoms with Crippen molar-refractivity contribution in [2.75, 3.05) is 0 Å². The first-order valence-corrected chi connectivity index (χ1v) is 7.89. The van der Waals surface area contributed by atoms with Crippen LogP contribution < -0.4 is 10.7 Å². The van der Waals surface area contributed by atoms with Gasteiger partial charge in [-0.15, -0.1) is 11.3 Å². The lowest BCUT2D eigenvalue weighted by Gasteiger charge is -2.04. The van der Waals surface area contributed by atoms with E-state index >= 15 is 0 Å². The van der Waals surface area contributed by atoms with Crippen molar-refractivity contribution >= 4 is 44.1 Å². The van der Waals surface area contributed by atoms with Gasteiger partial charge in [0, 0.05) is 22.0 Å². The summed E-state index contributed by atoms with van der Waals surface area (Å²) < 4.78 is 1.01. The molecule has 0 aliphatic heterocycles. The van der Waals surface area contributed by atoms with Gasteiger partial charge in [0.15, 0.2) is 0 Å². The predicted octanol–water partition coefficient (Wildman–Crippen LogP) is 3.28. The van der Waals surface area contributed by atoms with Gasteiger partial charge in [0.2, 0.25) is 5.43 Å². The lowest BCUT2D eigenvalue weighted by Crippen LogP contribution is -2.28. The molecule has 0 spiro atoms. The fraction of sp³-hybridized carbons (Fsp3) is 0.0667. The number of halogens is 1. The Labute approximate surface area is 133 Å². The van der Waals surface area contributed by atoms with Gasteiger partial charge in [0.1, 0.15) is 5.56 Å². The molecule has 3 aromatic rings. The van der Waals surface area contributed by atoms with E-state index in [0.717, 1.165) is 14.2 Å². The van der Waals surface area contributed by atoms with Gasteiger partial charge in [-0.3, -0.25) is 9.59 Å². The number of hydrogen-bond acceptors (Lipinski definition) is 3. The van der Waals surface area contributed by atoms with Crippen molar-refractivity contribution in [3.8, 4) is 0 Å². The summed E-state index contributed by atoms with van der Waals surface area (Å²) in [7, 11) is 0. The summed E-state index contributed by atoms with van der Waals surface area (Å²) >= 11 is 4.92. The Hall–Kier alpha value is -1.92. The second kappa shape index (κ2) is 5.83. The number of rotatable bonds is 3. The van der Waals surface area contributed by atoms with Crippen LogP contribution in [0.4, 0.5) is 0 Å². The summed E-state index contributed by atoms with van der Waals surface area (Å²) in [5.41, 5.74) is 0.597. The number of aromatic nitrogens is 1. The fourth-order valence-electron chi connectivity index (χ4n) is 2.05. The van der Waals surface area contributed by atoms with Gasteiger partial charge in [0.25, 0.3) is 5.91 Å². The van der Waals surface area contributed by atoms with Crippen LogP contribution in [0.1, 0.15) is 15.2 Å². The third-order valence-corrected chi connectivity index (χ3v) is 4.71. The molecule has 0 aliphatic rings. The van der Waals surface area contributed by atoms with E-state index < -0.39 is 0 Å². The van der Waals surface area contributed by atoms with Crippen molar-refractivity contribution in [1.29, 1.82) is 0 Å². The first-order chi connectivity index (χ1) is 10.1. The average molecular weight is 363 g/mol. The van der Waals surface area contributed by atoms with Crippen LogP contribution in [0.2, 0.25) is 0 Å². The Kier molecular flexibility index (Phi) is 3.90. The van der Waals surface area contributed by atoms with Crippen LogP contribution in [-0.4, -0.2) is 10.9 Å². The highest BCUT2D eigenvalue weighted by Crippen LogP contribution is 2.21. The number of thiophene rings is 1. The van der Waals surface area contributed by atoms with Crippen molar-refractivity contribution < 1.29 is 4.79 Å². The molecular formula is C15H11BrN2O2S. The maximum Gasteiger partial charge on any atom is 0.257 e. The van der Waals surface area contributed by atoms with E-state index in [1.165, 1.54) is 6.20 Å². The number of pyridine rings is 1. The molecule has 0 aliphatic carbocycles. The molecular weight excluding hydrogens is 352 g/mol. The molecule has 6 heteroatoms. The van der Waals surface area contributed by atoms with Crippen LogP contribution in [0, 0.1) is 0 Å². The zero-order chi connectivity index (χ0) is 14.8. The van der Waals surface area contributed by atoms with Gasteiger partial charge in [-0.2, -0.15) is 0 Å². The molecule has 0 fully saturated rings. The van der Waals surface area contributed by atoms with Crippen LogP contribution in [0.15, 0.2) is 51.2 Å². The van der Waals surface area contributed by atoms with Gasteiger partial charge in [-0.1, -0.05) is 12.1 Å². The number of nitrogens with one attached hydrogen (secondary N) is 2. The minimum absolute atomic E-state index is 0.129. The van der Waals surface area contributed by atoms with Gasteiger partial charge in [-0.25, -0.2) is 0 Å². The molecule has 2 aromatic heterocycles. The number of hydrogen-bond donors (Lipinski definition) is 2. The molecule has 21 heavy (non-hydrogen) atoms. The van der Waals surface area contributed by atoms with Crippen molar-refractivity contribution in [2.45, 2.75) is 6.54 Å². The highest BCUT2D eigenvalue weighted by Gasteiger charge is 2.12. The summed E-state index contributed by atoms with van der Waals surface area (Å²) in [4.78, 5) is 28.4. The Balaban J connectivity index is 1.84. The maximum absolute atomic E-state index is 12.3. The largest absolute Gasteiger partial charge is 0.360 e. The van der Waals surface area contributed by atoms with E-state index in [-0.39, 0.29) is 16.9 Å². The molecule has 0 unspecified atom stereocenters. The van der Waals surface area contributed by atoms with E-state index in [1.807, 2.05) is 24.3 Å². The second-order valence-corrected chi connectivity index (χ2v) is 7.01. The Bertz CT molecular complexity index is 869. The van der Waals surface area contributed by atoms with E-state index in [4.69, 9.17) is 0 Å². The van der Waals surface area contributed by atoms with Crippen molar-refractivity contribution in [3.63, 3.8) is 0 Å². The molecule has 2 N–H and O–H groups in total. The highest BCUT2D eigenvalue weighted by molar-refractivity contribution is 9.11. The molecule has 1 amide bonds. The third kappa shape index (κ3) is 2.91. The van der Waals surface area contributed by atoms with Crippen LogP contribution in [-0.2, 0) is 6.54 Å². The Morgan fingerprint density at radius 3 is 2.81 bits per heavy atom. The number of carbonyl (C=O) groups excluding carboxylic acids is 1. The molecule has 2 heterocycles. The van der Waals surface area contributed by atoms with E-state index in [0.29, 0.717) is 11.9 Å². The lowest BCUT2D eigenvalue weighted by molar-refractivity contribution is 0.0950. The summed E-state index contributed by atoms with van der Waals surface area (Å²) in [5.74, 6) is -0.369. The predicted molar refractivity (Wildman–Crippen MR) is 87.8 cm³/mol. The van der Waals surface area contributed by atoms with Gasteiger partial charge in [0.05, 0.1) is 10.3 Å². The molecule has 3 rings (SSSR count). The first kappa shape index (κ1) is 14.0. The maximum atomic E-state index is 12.3. The lowest BCUT2D eigenvalue weighted by atomic mass is 10.1. The highest BCUT2D eigenvalue weighted by atomic mass is 79.9. The number of para-hydroxylation sites is 1. The summed E-state index contributed by atoms with van der Waals surface area (Å²) in [6.45, 7) is 0.404. The zero-order valence-electron chi connectivity index (χ0n) is 10.9.